The maximum atomic E-state index is 5.97. The summed E-state index contributed by atoms with van der Waals surface area (Å²) in [5.74, 6) is 2.43. The predicted molar refractivity (Wildman–Crippen MR) is 76.2 cm³/mol. The quantitative estimate of drug-likeness (QED) is 0.843. The Labute approximate surface area is 115 Å². The zero-order chi connectivity index (χ0) is 13.5. The van der Waals surface area contributed by atoms with Gasteiger partial charge in [0.25, 0.3) is 0 Å². The molecule has 2 aliphatic heterocycles. The van der Waals surface area contributed by atoms with Crippen molar-refractivity contribution in [1.29, 1.82) is 0 Å². The molecule has 0 aromatic heterocycles. The van der Waals surface area contributed by atoms with E-state index in [0.717, 1.165) is 24.6 Å². The first-order chi connectivity index (χ1) is 9.05. The number of ether oxygens (including phenoxy) is 2. The molecule has 0 aliphatic carbocycles. The van der Waals surface area contributed by atoms with Gasteiger partial charge in [0.05, 0.1) is 13.2 Å². The average Bonchev–Trinajstić information content (AvgIpc) is 2.84. The van der Waals surface area contributed by atoms with Gasteiger partial charge < -0.3 is 14.8 Å². The molecule has 0 bridgehead atoms. The van der Waals surface area contributed by atoms with Gasteiger partial charge in [0.15, 0.2) is 11.5 Å². The molecule has 0 radical (unpaired) electrons. The van der Waals surface area contributed by atoms with E-state index in [2.05, 4.69) is 38.2 Å². The normalized spacial score (nSPS) is 25.1. The molecule has 3 rings (SSSR count). The zero-order valence-corrected chi connectivity index (χ0v) is 12.1. The Morgan fingerprint density at radius 2 is 1.84 bits per heavy atom. The van der Waals surface area contributed by atoms with Crippen LogP contribution in [-0.2, 0) is 0 Å². The van der Waals surface area contributed by atoms with Gasteiger partial charge in [-0.3, -0.25) is 0 Å². The van der Waals surface area contributed by atoms with E-state index in [9.17, 15) is 0 Å². The Morgan fingerprint density at radius 3 is 2.47 bits per heavy atom. The smallest absolute Gasteiger partial charge is 0.161 e. The topological polar surface area (TPSA) is 30.5 Å². The SMILES string of the molecule is Cc1cc2c(cc1C1CCNC1)OCC(C)(C)CO2. The lowest BCUT2D eigenvalue weighted by Crippen LogP contribution is -2.26. The van der Waals surface area contributed by atoms with E-state index in [1.54, 1.807) is 0 Å². The zero-order valence-electron chi connectivity index (χ0n) is 12.1. The van der Waals surface area contributed by atoms with E-state index in [4.69, 9.17) is 9.47 Å². The highest BCUT2D eigenvalue weighted by Crippen LogP contribution is 2.38. The van der Waals surface area contributed by atoms with Gasteiger partial charge in [0.1, 0.15) is 0 Å². The number of aryl methyl sites for hydroxylation is 1. The van der Waals surface area contributed by atoms with E-state index in [-0.39, 0.29) is 5.41 Å². The van der Waals surface area contributed by atoms with Crippen LogP contribution in [0.4, 0.5) is 0 Å². The Kier molecular flexibility index (Phi) is 3.17. The van der Waals surface area contributed by atoms with Gasteiger partial charge in [-0.1, -0.05) is 13.8 Å². The van der Waals surface area contributed by atoms with Gasteiger partial charge >= 0.3 is 0 Å². The number of hydrogen-bond donors (Lipinski definition) is 1. The Bertz CT molecular complexity index is 476. The van der Waals surface area contributed by atoms with Crippen LogP contribution in [0.2, 0.25) is 0 Å². The van der Waals surface area contributed by atoms with Crippen molar-refractivity contribution in [3.63, 3.8) is 0 Å². The van der Waals surface area contributed by atoms with Crippen molar-refractivity contribution in [2.45, 2.75) is 33.1 Å². The van der Waals surface area contributed by atoms with Crippen LogP contribution < -0.4 is 14.8 Å². The molecule has 2 heterocycles. The van der Waals surface area contributed by atoms with Crippen molar-refractivity contribution in [3.8, 4) is 11.5 Å². The fourth-order valence-corrected chi connectivity index (χ4v) is 2.85. The minimum Gasteiger partial charge on any atom is -0.489 e. The van der Waals surface area contributed by atoms with Gasteiger partial charge in [-0.2, -0.15) is 0 Å². The van der Waals surface area contributed by atoms with Gasteiger partial charge in [-0.25, -0.2) is 0 Å². The highest BCUT2D eigenvalue weighted by Gasteiger charge is 2.27. The number of rotatable bonds is 1. The third kappa shape index (κ3) is 2.57. The number of fused-ring (bicyclic) bond motifs is 1. The van der Waals surface area contributed by atoms with Crippen LogP contribution in [0.25, 0.3) is 0 Å². The van der Waals surface area contributed by atoms with Gasteiger partial charge in [-0.15, -0.1) is 0 Å². The number of hydrogen-bond acceptors (Lipinski definition) is 3. The Hall–Kier alpha value is -1.22. The molecular weight excluding hydrogens is 238 g/mol. The van der Waals surface area contributed by atoms with E-state index in [0.29, 0.717) is 19.1 Å². The second-order valence-corrected chi connectivity index (χ2v) is 6.59. The molecule has 2 aliphatic rings. The summed E-state index contributed by atoms with van der Waals surface area (Å²) in [5.41, 5.74) is 2.80. The molecule has 1 saturated heterocycles. The minimum atomic E-state index is 0.0714. The average molecular weight is 261 g/mol. The number of benzene rings is 1. The van der Waals surface area contributed by atoms with Crippen molar-refractivity contribution in [1.82, 2.24) is 5.32 Å². The highest BCUT2D eigenvalue weighted by molar-refractivity contribution is 5.49. The molecule has 1 atom stereocenters. The van der Waals surface area contributed by atoms with Crippen molar-refractivity contribution in [2.75, 3.05) is 26.3 Å². The van der Waals surface area contributed by atoms with Crippen molar-refractivity contribution < 1.29 is 9.47 Å². The first kappa shape index (κ1) is 12.8. The lowest BCUT2D eigenvalue weighted by molar-refractivity contribution is 0.140. The number of nitrogens with one attached hydrogen (secondary N) is 1. The monoisotopic (exact) mass is 261 g/mol. The molecule has 104 valence electrons. The molecule has 3 nitrogen and oxygen atoms in total. The van der Waals surface area contributed by atoms with Gasteiger partial charge in [-0.05, 0) is 49.1 Å². The summed E-state index contributed by atoms with van der Waals surface area (Å²) in [7, 11) is 0. The molecule has 0 amide bonds. The second kappa shape index (κ2) is 4.71. The molecule has 0 saturated carbocycles. The molecule has 1 aromatic carbocycles. The first-order valence-electron chi connectivity index (χ1n) is 7.16. The summed E-state index contributed by atoms with van der Waals surface area (Å²) in [4.78, 5) is 0. The summed E-state index contributed by atoms with van der Waals surface area (Å²) in [6.07, 6.45) is 1.21. The molecule has 1 fully saturated rings. The summed E-state index contributed by atoms with van der Waals surface area (Å²) >= 11 is 0. The van der Waals surface area contributed by atoms with Crippen molar-refractivity contribution >= 4 is 0 Å². The summed E-state index contributed by atoms with van der Waals surface area (Å²) in [6, 6.07) is 4.34. The van der Waals surface area contributed by atoms with Gasteiger partial charge in [0, 0.05) is 12.0 Å². The minimum absolute atomic E-state index is 0.0714. The van der Waals surface area contributed by atoms with Gasteiger partial charge in [0.2, 0.25) is 0 Å². The van der Waals surface area contributed by atoms with E-state index in [1.165, 1.54) is 17.5 Å². The summed E-state index contributed by atoms with van der Waals surface area (Å²) in [5, 5.41) is 3.43. The van der Waals surface area contributed by atoms with Crippen LogP contribution >= 0.6 is 0 Å². The van der Waals surface area contributed by atoms with E-state index < -0.39 is 0 Å². The van der Waals surface area contributed by atoms with E-state index >= 15 is 0 Å². The van der Waals surface area contributed by atoms with Crippen molar-refractivity contribution in [3.05, 3.63) is 23.3 Å². The van der Waals surface area contributed by atoms with E-state index in [1.807, 2.05) is 0 Å². The molecule has 19 heavy (non-hydrogen) atoms. The molecular formula is C16H23NO2. The molecule has 1 N–H and O–H groups in total. The Balaban J connectivity index is 1.92. The summed E-state index contributed by atoms with van der Waals surface area (Å²) < 4.78 is 11.9. The highest BCUT2D eigenvalue weighted by atomic mass is 16.5. The van der Waals surface area contributed by atoms with Crippen LogP contribution in [0.15, 0.2) is 12.1 Å². The van der Waals surface area contributed by atoms with Crippen LogP contribution in [0.1, 0.15) is 37.3 Å². The molecule has 1 unspecified atom stereocenters. The van der Waals surface area contributed by atoms with Crippen LogP contribution in [-0.4, -0.2) is 26.3 Å². The lowest BCUT2D eigenvalue weighted by Gasteiger charge is -2.19. The maximum Gasteiger partial charge on any atom is 0.161 e. The second-order valence-electron chi connectivity index (χ2n) is 6.59. The lowest BCUT2D eigenvalue weighted by atomic mass is 9.93. The first-order valence-corrected chi connectivity index (χ1v) is 7.16. The fourth-order valence-electron chi connectivity index (χ4n) is 2.85. The van der Waals surface area contributed by atoms with Crippen molar-refractivity contribution in [2.24, 2.45) is 5.41 Å². The Morgan fingerprint density at radius 1 is 1.16 bits per heavy atom. The third-order valence-corrected chi connectivity index (χ3v) is 4.07. The molecule has 1 aromatic rings. The molecule has 3 heteroatoms. The standard InChI is InChI=1S/C16H23NO2/c1-11-6-14-15(19-10-16(2,3)9-18-14)7-13(11)12-4-5-17-8-12/h6-7,12,17H,4-5,8-10H2,1-3H3. The largest absolute Gasteiger partial charge is 0.489 e. The molecule has 0 spiro atoms. The van der Waals surface area contributed by atoms with Crippen LogP contribution in [0, 0.1) is 12.3 Å². The third-order valence-electron chi connectivity index (χ3n) is 4.07. The fraction of sp³-hybridized carbons (Fsp3) is 0.625. The predicted octanol–water partition coefficient (Wildman–Crippen LogP) is 2.87. The van der Waals surface area contributed by atoms with Crippen LogP contribution in [0.3, 0.4) is 0 Å². The maximum absolute atomic E-state index is 5.97. The summed E-state index contributed by atoms with van der Waals surface area (Å²) in [6.45, 7) is 10.1. The van der Waals surface area contributed by atoms with Crippen LogP contribution in [0.5, 0.6) is 11.5 Å².